The van der Waals surface area contributed by atoms with Crippen molar-refractivity contribution in [2.45, 2.75) is 4.90 Å². The first-order valence-corrected chi connectivity index (χ1v) is 10.5. The fourth-order valence-corrected chi connectivity index (χ4v) is 4.04. The minimum Gasteiger partial charge on any atom is -0.497 e. The molecule has 1 N–H and O–H groups in total. The maximum atomic E-state index is 12.8. The largest absolute Gasteiger partial charge is 0.497 e. The summed E-state index contributed by atoms with van der Waals surface area (Å²) < 4.78 is 37.3. The number of nitrogens with zero attached hydrogens (tertiary/aromatic N) is 1. The highest BCUT2D eigenvalue weighted by atomic mass is 32.2. The van der Waals surface area contributed by atoms with E-state index < -0.39 is 15.9 Å². The van der Waals surface area contributed by atoms with Gasteiger partial charge >= 0.3 is 0 Å². The Balaban J connectivity index is 1.86. The number of amides is 1. The molecule has 156 valence electrons. The van der Waals surface area contributed by atoms with Crippen molar-refractivity contribution in [3.63, 3.8) is 0 Å². The Morgan fingerprint density at radius 2 is 1.63 bits per heavy atom. The maximum absolute atomic E-state index is 12.8. The first-order valence-electron chi connectivity index (χ1n) is 9.04. The predicted octanol–water partition coefficient (Wildman–Crippen LogP) is 3.78. The molecule has 0 bridgehead atoms. The number of ether oxygens (including phenoxy) is 2. The number of anilines is 2. The number of nitrogens with one attached hydrogen (secondary N) is 1. The van der Waals surface area contributed by atoms with Crippen LogP contribution in [0.25, 0.3) is 0 Å². The fraction of sp³-hybridized carbons (Fsp3) is 0.136. The molecule has 0 aliphatic heterocycles. The summed E-state index contributed by atoms with van der Waals surface area (Å²) >= 11 is 0. The van der Waals surface area contributed by atoms with E-state index in [1.165, 1.54) is 32.4 Å². The lowest BCUT2D eigenvalue weighted by Gasteiger charge is -2.20. The van der Waals surface area contributed by atoms with Gasteiger partial charge in [-0.3, -0.25) is 9.10 Å². The molecule has 0 unspecified atom stereocenters. The van der Waals surface area contributed by atoms with Gasteiger partial charge in [-0.15, -0.1) is 0 Å². The lowest BCUT2D eigenvalue weighted by Crippen LogP contribution is -2.26. The number of benzene rings is 3. The first-order chi connectivity index (χ1) is 14.4. The van der Waals surface area contributed by atoms with Crippen molar-refractivity contribution in [3.8, 4) is 11.5 Å². The monoisotopic (exact) mass is 426 g/mol. The predicted molar refractivity (Wildman–Crippen MR) is 116 cm³/mol. The summed E-state index contributed by atoms with van der Waals surface area (Å²) in [5, 5.41) is 2.78. The molecule has 3 aromatic carbocycles. The normalized spacial score (nSPS) is 10.9. The minimum absolute atomic E-state index is 0.172. The summed E-state index contributed by atoms with van der Waals surface area (Å²) in [6.07, 6.45) is 0. The van der Waals surface area contributed by atoms with Gasteiger partial charge in [-0.25, -0.2) is 8.42 Å². The molecule has 0 fully saturated rings. The molecule has 1 amide bonds. The second-order valence-corrected chi connectivity index (χ2v) is 8.33. The second kappa shape index (κ2) is 8.87. The molecule has 3 rings (SSSR count). The fourth-order valence-electron chi connectivity index (χ4n) is 2.83. The number of sulfonamides is 1. The summed E-state index contributed by atoms with van der Waals surface area (Å²) in [6, 6.07) is 19.5. The molecule has 0 aliphatic carbocycles. The van der Waals surface area contributed by atoms with Gasteiger partial charge in [0, 0.05) is 18.7 Å². The molecule has 0 saturated carbocycles. The topological polar surface area (TPSA) is 84.9 Å². The van der Waals surface area contributed by atoms with Crippen molar-refractivity contribution in [3.05, 3.63) is 78.4 Å². The van der Waals surface area contributed by atoms with Gasteiger partial charge in [-0.1, -0.05) is 24.3 Å². The Kier molecular flexibility index (Phi) is 6.27. The SMILES string of the molecule is COc1ccc(NC(=O)c2cccc(N(C)S(=O)(=O)c3ccccc3)c2)c(OC)c1. The van der Waals surface area contributed by atoms with Gasteiger partial charge in [0.25, 0.3) is 15.9 Å². The van der Waals surface area contributed by atoms with E-state index in [9.17, 15) is 13.2 Å². The van der Waals surface area contributed by atoms with Crippen molar-refractivity contribution >= 4 is 27.3 Å². The third kappa shape index (κ3) is 4.38. The molecule has 0 radical (unpaired) electrons. The van der Waals surface area contributed by atoms with E-state index >= 15 is 0 Å². The van der Waals surface area contributed by atoms with Gasteiger partial charge in [0.15, 0.2) is 0 Å². The van der Waals surface area contributed by atoms with Crippen LogP contribution in [-0.2, 0) is 10.0 Å². The number of carbonyl (C=O) groups is 1. The molecule has 30 heavy (non-hydrogen) atoms. The molecule has 0 heterocycles. The number of rotatable bonds is 7. The summed E-state index contributed by atoms with van der Waals surface area (Å²) in [4.78, 5) is 12.9. The van der Waals surface area contributed by atoms with Crippen molar-refractivity contribution in [2.75, 3.05) is 30.9 Å². The first kappa shape index (κ1) is 21.2. The van der Waals surface area contributed by atoms with E-state index in [1.54, 1.807) is 61.7 Å². The lowest BCUT2D eigenvalue weighted by atomic mass is 10.1. The van der Waals surface area contributed by atoms with E-state index in [1.807, 2.05) is 0 Å². The van der Waals surface area contributed by atoms with E-state index in [4.69, 9.17) is 9.47 Å². The van der Waals surface area contributed by atoms with Crippen LogP contribution in [0.15, 0.2) is 77.7 Å². The molecule has 0 atom stereocenters. The van der Waals surface area contributed by atoms with Crippen LogP contribution >= 0.6 is 0 Å². The third-order valence-electron chi connectivity index (χ3n) is 4.53. The van der Waals surface area contributed by atoms with Crippen LogP contribution in [0.2, 0.25) is 0 Å². The molecule has 3 aromatic rings. The maximum Gasteiger partial charge on any atom is 0.264 e. The molecule has 8 heteroatoms. The van der Waals surface area contributed by atoms with Gasteiger partial charge in [0.1, 0.15) is 11.5 Å². The van der Waals surface area contributed by atoms with Crippen LogP contribution in [0.5, 0.6) is 11.5 Å². The highest BCUT2D eigenvalue weighted by Crippen LogP contribution is 2.30. The third-order valence-corrected chi connectivity index (χ3v) is 6.33. The average molecular weight is 426 g/mol. The Morgan fingerprint density at radius 1 is 0.900 bits per heavy atom. The highest BCUT2D eigenvalue weighted by molar-refractivity contribution is 7.92. The van der Waals surface area contributed by atoms with Gasteiger partial charge in [-0.05, 0) is 42.5 Å². The van der Waals surface area contributed by atoms with Crippen LogP contribution in [0.4, 0.5) is 11.4 Å². The number of hydrogen-bond donors (Lipinski definition) is 1. The Bertz CT molecular complexity index is 1150. The van der Waals surface area contributed by atoms with E-state index in [2.05, 4.69) is 5.32 Å². The molecule has 0 aromatic heterocycles. The smallest absolute Gasteiger partial charge is 0.264 e. The molecule has 0 aliphatic rings. The van der Waals surface area contributed by atoms with Gasteiger partial charge in [0.2, 0.25) is 0 Å². The molecule has 7 nitrogen and oxygen atoms in total. The van der Waals surface area contributed by atoms with Gasteiger partial charge < -0.3 is 14.8 Å². The summed E-state index contributed by atoms with van der Waals surface area (Å²) in [7, 11) is 0.741. The zero-order valence-electron chi connectivity index (χ0n) is 16.8. The number of carbonyl (C=O) groups excluding carboxylic acids is 1. The van der Waals surface area contributed by atoms with Crippen LogP contribution in [0, 0.1) is 0 Å². The van der Waals surface area contributed by atoms with E-state index in [0.29, 0.717) is 28.4 Å². The number of hydrogen-bond acceptors (Lipinski definition) is 5. The summed E-state index contributed by atoms with van der Waals surface area (Å²) in [6.45, 7) is 0. The standard InChI is InChI=1S/C22H22N2O5S/c1-24(30(26,27)19-10-5-4-6-11-19)17-9-7-8-16(14-17)22(25)23-20-13-12-18(28-2)15-21(20)29-3/h4-15H,1-3H3,(H,23,25). The number of methoxy groups -OCH3 is 2. The summed E-state index contributed by atoms with van der Waals surface area (Å²) in [5.74, 6) is 0.646. The van der Waals surface area contributed by atoms with Crippen molar-refractivity contribution in [1.82, 2.24) is 0 Å². The van der Waals surface area contributed by atoms with Crippen molar-refractivity contribution in [2.24, 2.45) is 0 Å². The Labute approximate surface area is 175 Å². The van der Waals surface area contributed by atoms with Gasteiger partial charge in [-0.2, -0.15) is 0 Å². The Morgan fingerprint density at radius 3 is 2.30 bits per heavy atom. The van der Waals surface area contributed by atoms with E-state index in [-0.39, 0.29) is 4.90 Å². The zero-order chi connectivity index (χ0) is 21.7. The lowest BCUT2D eigenvalue weighted by molar-refractivity contribution is 0.102. The molecule has 0 saturated heterocycles. The van der Waals surface area contributed by atoms with Crippen LogP contribution in [0.1, 0.15) is 10.4 Å². The minimum atomic E-state index is -3.74. The van der Waals surface area contributed by atoms with Crippen LogP contribution < -0.4 is 19.1 Å². The van der Waals surface area contributed by atoms with Crippen molar-refractivity contribution in [1.29, 1.82) is 0 Å². The average Bonchev–Trinajstić information content (AvgIpc) is 2.79. The second-order valence-electron chi connectivity index (χ2n) is 6.36. The van der Waals surface area contributed by atoms with E-state index in [0.717, 1.165) is 4.31 Å². The quantitative estimate of drug-likeness (QED) is 0.621. The van der Waals surface area contributed by atoms with Crippen LogP contribution in [0.3, 0.4) is 0 Å². The Hall–Kier alpha value is -3.52. The molecular weight excluding hydrogens is 404 g/mol. The zero-order valence-corrected chi connectivity index (χ0v) is 17.6. The molecule has 0 spiro atoms. The summed E-state index contributed by atoms with van der Waals surface area (Å²) in [5.41, 5.74) is 1.15. The molecular formula is C22H22N2O5S. The van der Waals surface area contributed by atoms with Crippen molar-refractivity contribution < 1.29 is 22.7 Å². The highest BCUT2D eigenvalue weighted by Gasteiger charge is 2.22. The van der Waals surface area contributed by atoms with Crippen LogP contribution in [-0.4, -0.2) is 35.6 Å². The van der Waals surface area contributed by atoms with Gasteiger partial charge in [0.05, 0.1) is 30.5 Å².